The number of pyridine rings is 1. The molecule has 1 N–H and O–H groups in total. The first-order valence-corrected chi connectivity index (χ1v) is 12.8. The normalized spacial score (nSPS) is 11.6. The van der Waals surface area contributed by atoms with Gasteiger partial charge in [0.1, 0.15) is 16.9 Å². The predicted molar refractivity (Wildman–Crippen MR) is 134 cm³/mol. The lowest BCUT2D eigenvalue weighted by atomic mass is 10.0. The predicted octanol–water partition coefficient (Wildman–Crippen LogP) is 3.84. The molecule has 5 aromatic rings. The molecule has 0 bridgehead atoms. The number of fused-ring (bicyclic) bond motifs is 3. The molecular weight excluding hydrogens is 466 g/mol. The molecule has 35 heavy (non-hydrogen) atoms. The van der Waals surface area contributed by atoms with Crippen LogP contribution in [0.4, 0.5) is 5.69 Å². The third-order valence-electron chi connectivity index (χ3n) is 5.44. The summed E-state index contributed by atoms with van der Waals surface area (Å²) in [7, 11) is -1.93. The maximum absolute atomic E-state index is 12.9. The molecule has 0 atom stereocenters. The molecule has 0 radical (unpaired) electrons. The van der Waals surface area contributed by atoms with Gasteiger partial charge in [-0.1, -0.05) is 36.4 Å². The molecule has 2 aromatic heterocycles. The number of hydrogen-bond donors (Lipinski definition) is 1. The minimum absolute atomic E-state index is 0.231. The molecule has 10 heteroatoms. The van der Waals surface area contributed by atoms with Crippen molar-refractivity contribution in [2.24, 2.45) is 0 Å². The molecule has 0 aliphatic heterocycles. The van der Waals surface area contributed by atoms with Gasteiger partial charge in [0, 0.05) is 22.9 Å². The second-order valence-corrected chi connectivity index (χ2v) is 10.1. The van der Waals surface area contributed by atoms with E-state index in [1.54, 1.807) is 30.3 Å². The molecule has 0 saturated heterocycles. The molecule has 0 fully saturated rings. The molecule has 0 aliphatic carbocycles. The Labute approximate surface area is 201 Å². The van der Waals surface area contributed by atoms with Crippen LogP contribution in [0.1, 0.15) is 10.4 Å². The van der Waals surface area contributed by atoms with E-state index in [4.69, 9.17) is 9.72 Å². The van der Waals surface area contributed by atoms with Crippen molar-refractivity contribution in [3.63, 3.8) is 0 Å². The summed E-state index contributed by atoms with van der Waals surface area (Å²) in [5, 5.41) is 12.7. The first kappa shape index (κ1) is 22.5. The van der Waals surface area contributed by atoms with Crippen molar-refractivity contribution in [3.05, 3.63) is 78.4 Å². The monoisotopic (exact) mass is 487 g/mol. The van der Waals surface area contributed by atoms with Crippen LogP contribution in [0.15, 0.2) is 72.8 Å². The second-order valence-electron chi connectivity index (χ2n) is 7.99. The SMILES string of the molecule is COC(=O)c1cc(-c2ccccc2NCS(C)(=O)=O)nc2ccc3nn(-c4ccccc4)nc3c12. The highest BCUT2D eigenvalue weighted by Crippen LogP contribution is 2.33. The number of anilines is 1. The van der Waals surface area contributed by atoms with Gasteiger partial charge in [-0.3, -0.25) is 0 Å². The van der Waals surface area contributed by atoms with Crippen LogP contribution in [0.25, 0.3) is 38.9 Å². The van der Waals surface area contributed by atoms with Gasteiger partial charge >= 0.3 is 5.97 Å². The summed E-state index contributed by atoms with van der Waals surface area (Å²) >= 11 is 0. The van der Waals surface area contributed by atoms with Gasteiger partial charge in [0.25, 0.3) is 0 Å². The van der Waals surface area contributed by atoms with E-state index >= 15 is 0 Å². The van der Waals surface area contributed by atoms with Gasteiger partial charge < -0.3 is 10.1 Å². The Bertz CT molecular complexity index is 1680. The summed E-state index contributed by atoms with van der Waals surface area (Å²) in [6.45, 7) is 0. The molecule has 3 aromatic carbocycles. The summed E-state index contributed by atoms with van der Waals surface area (Å²) in [5.41, 5.74) is 4.46. The van der Waals surface area contributed by atoms with E-state index in [1.807, 2.05) is 42.5 Å². The number of ether oxygens (including phenoxy) is 1. The third-order valence-corrected chi connectivity index (χ3v) is 6.11. The number of carbonyl (C=O) groups is 1. The molecule has 0 aliphatic rings. The second kappa shape index (κ2) is 8.80. The third kappa shape index (κ3) is 4.43. The zero-order valence-corrected chi connectivity index (χ0v) is 19.8. The van der Waals surface area contributed by atoms with E-state index in [1.165, 1.54) is 11.9 Å². The first-order valence-electron chi connectivity index (χ1n) is 10.7. The molecule has 9 nitrogen and oxygen atoms in total. The number of nitrogens with one attached hydrogen (secondary N) is 1. The van der Waals surface area contributed by atoms with Crippen molar-refractivity contribution >= 4 is 43.4 Å². The molecule has 2 heterocycles. The lowest BCUT2D eigenvalue weighted by Crippen LogP contribution is -2.13. The minimum atomic E-state index is -3.25. The summed E-state index contributed by atoms with van der Waals surface area (Å²) in [6, 6.07) is 21.9. The fourth-order valence-electron chi connectivity index (χ4n) is 3.86. The topological polar surface area (TPSA) is 116 Å². The average Bonchev–Trinajstić information content (AvgIpc) is 3.31. The molecule has 0 unspecified atom stereocenters. The molecule has 5 rings (SSSR count). The number of methoxy groups -OCH3 is 1. The zero-order valence-electron chi connectivity index (χ0n) is 19.0. The van der Waals surface area contributed by atoms with Crippen molar-refractivity contribution in [2.45, 2.75) is 0 Å². The van der Waals surface area contributed by atoms with Gasteiger partial charge in [0.05, 0.1) is 29.6 Å². The molecular formula is C25H21N5O4S. The van der Waals surface area contributed by atoms with Crippen molar-refractivity contribution in [3.8, 4) is 16.9 Å². The molecule has 176 valence electrons. The highest BCUT2D eigenvalue weighted by Gasteiger charge is 2.20. The van der Waals surface area contributed by atoms with Crippen LogP contribution in [-0.2, 0) is 14.6 Å². The average molecular weight is 488 g/mol. The highest BCUT2D eigenvalue weighted by atomic mass is 32.2. The number of aromatic nitrogens is 4. The highest BCUT2D eigenvalue weighted by molar-refractivity contribution is 7.90. The summed E-state index contributed by atoms with van der Waals surface area (Å²) < 4.78 is 28.4. The number of sulfone groups is 1. The Kier molecular flexibility index (Phi) is 5.65. The zero-order chi connectivity index (χ0) is 24.6. The quantitative estimate of drug-likeness (QED) is 0.359. The Balaban J connectivity index is 1.72. The van der Waals surface area contributed by atoms with Crippen molar-refractivity contribution in [2.75, 3.05) is 24.6 Å². The summed E-state index contributed by atoms with van der Waals surface area (Å²) in [5.74, 6) is -0.771. The Morgan fingerprint density at radius 2 is 1.69 bits per heavy atom. The Hall–Kier alpha value is -4.31. The van der Waals surface area contributed by atoms with Crippen LogP contribution in [0.2, 0.25) is 0 Å². The van der Waals surface area contributed by atoms with Crippen LogP contribution in [0.5, 0.6) is 0 Å². The number of benzene rings is 3. The number of esters is 1. The largest absolute Gasteiger partial charge is 0.465 e. The van der Waals surface area contributed by atoms with E-state index in [-0.39, 0.29) is 11.4 Å². The maximum Gasteiger partial charge on any atom is 0.338 e. The first-order chi connectivity index (χ1) is 16.8. The van der Waals surface area contributed by atoms with Crippen LogP contribution in [-0.4, -0.2) is 53.6 Å². The lowest BCUT2D eigenvalue weighted by Gasteiger charge is -2.13. The van der Waals surface area contributed by atoms with Gasteiger partial charge in [-0.15, -0.1) is 10.2 Å². The lowest BCUT2D eigenvalue weighted by molar-refractivity contribution is 0.0603. The van der Waals surface area contributed by atoms with Crippen molar-refractivity contribution in [1.82, 2.24) is 20.0 Å². The Morgan fingerprint density at radius 1 is 0.971 bits per heavy atom. The van der Waals surface area contributed by atoms with E-state index < -0.39 is 15.8 Å². The van der Waals surface area contributed by atoms with Crippen LogP contribution >= 0.6 is 0 Å². The Morgan fingerprint density at radius 3 is 2.43 bits per heavy atom. The number of para-hydroxylation sites is 2. The van der Waals surface area contributed by atoms with Gasteiger partial charge in [-0.2, -0.15) is 4.80 Å². The van der Waals surface area contributed by atoms with E-state index in [2.05, 4.69) is 15.5 Å². The van der Waals surface area contributed by atoms with Gasteiger partial charge in [-0.25, -0.2) is 18.2 Å². The van der Waals surface area contributed by atoms with E-state index in [0.29, 0.717) is 38.9 Å². The number of carbonyl (C=O) groups excluding carboxylic acids is 1. The molecule has 0 amide bonds. The van der Waals surface area contributed by atoms with Gasteiger partial charge in [-0.05, 0) is 36.4 Å². The van der Waals surface area contributed by atoms with E-state index in [9.17, 15) is 13.2 Å². The number of rotatable bonds is 6. The fourth-order valence-corrected chi connectivity index (χ4v) is 4.27. The van der Waals surface area contributed by atoms with Crippen molar-refractivity contribution in [1.29, 1.82) is 0 Å². The number of hydrogen-bond acceptors (Lipinski definition) is 8. The van der Waals surface area contributed by atoms with Gasteiger partial charge in [0.2, 0.25) is 0 Å². The molecule has 0 saturated carbocycles. The standard InChI is InChI=1S/C25H21N5O4S/c1-34-25(31)18-14-22(17-10-6-7-11-19(17)26-15-35(2,32)33)27-20-12-13-21-24(23(18)20)29-30(28-21)16-8-4-3-5-9-16/h3-14,26H,15H2,1-2H3. The summed E-state index contributed by atoms with van der Waals surface area (Å²) in [6.07, 6.45) is 1.15. The van der Waals surface area contributed by atoms with Crippen LogP contribution in [0.3, 0.4) is 0 Å². The smallest absolute Gasteiger partial charge is 0.338 e. The number of nitrogens with zero attached hydrogens (tertiary/aromatic N) is 4. The fraction of sp³-hybridized carbons (Fsp3) is 0.120. The maximum atomic E-state index is 12.9. The van der Waals surface area contributed by atoms with E-state index in [0.717, 1.165) is 11.9 Å². The van der Waals surface area contributed by atoms with Crippen molar-refractivity contribution < 1.29 is 17.9 Å². The van der Waals surface area contributed by atoms with Crippen LogP contribution in [0, 0.1) is 0 Å². The van der Waals surface area contributed by atoms with Gasteiger partial charge in [0.15, 0.2) is 9.84 Å². The van der Waals surface area contributed by atoms with Crippen LogP contribution < -0.4 is 5.32 Å². The minimum Gasteiger partial charge on any atom is -0.465 e. The molecule has 0 spiro atoms. The summed E-state index contributed by atoms with van der Waals surface area (Å²) in [4.78, 5) is 19.2.